The highest BCUT2D eigenvalue weighted by molar-refractivity contribution is 5.85. The molecule has 0 radical (unpaired) electrons. The Bertz CT molecular complexity index is 376. The Morgan fingerprint density at radius 2 is 1.94 bits per heavy atom. The van der Waals surface area contributed by atoms with Gasteiger partial charge in [-0.1, -0.05) is 12.1 Å². The topological polar surface area (TPSA) is 55.1 Å². The lowest BCUT2D eigenvalue weighted by Gasteiger charge is -2.17. The number of hydrogen-bond acceptors (Lipinski definition) is 2. The molecule has 16 heavy (non-hydrogen) atoms. The molecule has 0 bridgehead atoms. The van der Waals surface area contributed by atoms with E-state index in [0.29, 0.717) is 0 Å². The Morgan fingerprint density at radius 1 is 1.38 bits per heavy atom. The van der Waals surface area contributed by atoms with E-state index in [1.165, 1.54) is 12.1 Å². The standard InChI is InChI=1S/C11H13FN2O.ClH/c12-9-3-1-8(2-4-9)11(5-6-11)14-10(15)7-13;/h1-4H,5-7,13H2,(H,14,15);1H. The molecule has 0 spiro atoms. The van der Waals surface area contributed by atoms with Crippen molar-refractivity contribution in [1.29, 1.82) is 0 Å². The highest BCUT2D eigenvalue weighted by Crippen LogP contribution is 2.45. The minimum Gasteiger partial charge on any atom is -0.345 e. The van der Waals surface area contributed by atoms with Gasteiger partial charge in [-0.3, -0.25) is 4.79 Å². The molecule has 5 heteroatoms. The Labute approximate surface area is 99.6 Å². The van der Waals surface area contributed by atoms with E-state index in [1.807, 2.05) is 0 Å². The fourth-order valence-corrected chi connectivity index (χ4v) is 1.70. The first-order valence-electron chi connectivity index (χ1n) is 4.93. The zero-order chi connectivity index (χ0) is 10.9. The Kier molecular flexibility index (Phi) is 3.88. The van der Waals surface area contributed by atoms with Crippen LogP contribution >= 0.6 is 12.4 Å². The second kappa shape index (κ2) is 4.80. The number of carbonyl (C=O) groups is 1. The van der Waals surface area contributed by atoms with Crippen LogP contribution in [-0.2, 0) is 10.3 Å². The Morgan fingerprint density at radius 3 is 2.38 bits per heavy atom. The third-order valence-corrected chi connectivity index (χ3v) is 2.71. The lowest BCUT2D eigenvalue weighted by molar-refractivity contribution is -0.120. The number of nitrogens with one attached hydrogen (secondary N) is 1. The molecule has 88 valence electrons. The molecule has 1 saturated carbocycles. The molecule has 0 aromatic heterocycles. The van der Waals surface area contributed by atoms with Crippen LogP contribution in [0.15, 0.2) is 24.3 Å². The van der Waals surface area contributed by atoms with E-state index in [4.69, 9.17) is 5.73 Å². The summed E-state index contributed by atoms with van der Waals surface area (Å²) >= 11 is 0. The van der Waals surface area contributed by atoms with E-state index in [9.17, 15) is 9.18 Å². The summed E-state index contributed by atoms with van der Waals surface area (Å²) in [6.45, 7) is -0.0110. The van der Waals surface area contributed by atoms with Crippen molar-refractivity contribution in [1.82, 2.24) is 5.32 Å². The van der Waals surface area contributed by atoms with Gasteiger partial charge < -0.3 is 11.1 Å². The van der Waals surface area contributed by atoms with Crippen LogP contribution in [0.3, 0.4) is 0 Å². The van der Waals surface area contributed by atoms with Gasteiger partial charge in [0.25, 0.3) is 0 Å². The lowest BCUT2D eigenvalue weighted by atomic mass is 10.0. The first-order chi connectivity index (χ1) is 7.16. The summed E-state index contributed by atoms with van der Waals surface area (Å²) < 4.78 is 12.7. The maximum Gasteiger partial charge on any atom is 0.234 e. The van der Waals surface area contributed by atoms with Gasteiger partial charge in [0.2, 0.25) is 5.91 Å². The maximum absolute atomic E-state index is 12.7. The first-order valence-corrected chi connectivity index (χ1v) is 4.93. The third kappa shape index (κ3) is 2.51. The summed E-state index contributed by atoms with van der Waals surface area (Å²) in [5.74, 6) is -0.434. The largest absolute Gasteiger partial charge is 0.345 e. The number of hydrogen-bond donors (Lipinski definition) is 2. The van der Waals surface area contributed by atoms with Crippen molar-refractivity contribution in [3.63, 3.8) is 0 Å². The van der Waals surface area contributed by atoms with E-state index in [1.54, 1.807) is 12.1 Å². The van der Waals surface area contributed by atoms with E-state index in [2.05, 4.69) is 5.32 Å². The number of nitrogens with two attached hydrogens (primary N) is 1. The fraction of sp³-hybridized carbons (Fsp3) is 0.364. The van der Waals surface area contributed by atoms with Crippen LogP contribution in [0, 0.1) is 5.82 Å². The second-order valence-corrected chi connectivity index (χ2v) is 3.84. The van der Waals surface area contributed by atoms with Crippen LogP contribution in [0.1, 0.15) is 18.4 Å². The number of rotatable bonds is 3. The molecule has 1 fully saturated rings. The molecule has 0 heterocycles. The van der Waals surface area contributed by atoms with Gasteiger partial charge >= 0.3 is 0 Å². The van der Waals surface area contributed by atoms with Crippen LogP contribution in [0.25, 0.3) is 0 Å². The number of carbonyl (C=O) groups excluding carboxylic acids is 1. The maximum atomic E-state index is 12.7. The van der Waals surface area contributed by atoms with E-state index < -0.39 is 0 Å². The van der Waals surface area contributed by atoms with E-state index >= 15 is 0 Å². The number of amides is 1. The average molecular weight is 245 g/mol. The average Bonchev–Trinajstić information content (AvgIpc) is 3.00. The summed E-state index contributed by atoms with van der Waals surface area (Å²) in [5.41, 5.74) is 5.90. The van der Waals surface area contributed by atoms with Crippen molar-refractivity contribution in [2.45, 2.75) is 18.4 Å². The Hall–Kier alpha value is -1.13. The second-order valence-electron chi connectivity index (χ2n) is 3.84. The summed E-state index contributed by atoms with van der Waals surface area (Å²) in [6.07, 6.45) is 1.79. The number of halogens is 2. The molecule has 0 aliphatic heterocycles. The normalized spacial score (nSPS) is 16.1. The first kappa shape index (κ1) is 12.9. The van der Waals surface area contributed by atoms with Gasteiger partial charge in [-0.15, -0.1) is 12.4 Å². The minimum atomic E-state index is -0.288. The van der Waals surface area contributed by atoms with Crippen LogP contribution in [0.4, 0.5) is 4.39 Å². The fourth-order valence-electron chi connectivity index (χ4n) is 1.70. The van der Waals surface area contributed by atoms with Gasteiger partial charge in [-0.2, -0.15) is 0 Å². The van der Waals surface area contributed by atoms with Gasteiger partial charge in [-0.25, -0.2) is 4.39 Å². The molecule has 0 saturated heterocycles. The van der Waals surface area contributed by atoms with Crippen LogP contribution < -0.4 is 11.1 Å². The molecule has 1 aromatic rings. The molecule has 1 aliphatic rings. The van der Waals surface area contributed by atoms with Crippen molar-refractivity contribution in [3.8, 4) is 0 Å². The molecule has 0 unspecified atom stereocenters. The predicted molar refractivity (Wildman–Crippen MR) is 61.8 cm³/mol. The van der Waals surface area contributed by atoms with Crippen LogP contribution in [0.2, 0.25) is 0 Å². The molecule has 1 aliphatic carbocycles. The third-order valence-electron chi connectivity index (χ3n) is 2.71. The van der Waals surface area contributed by atoms with Crippen LogP contribution in [-0.4, -0.2) is 12.5 Å². The molecular formula is C11H14ClFN2O. The Balaban J connectivity index is 0.00000128. The van der Waals surface area contributed by atoms with Crippen molar-refractivity contribution >= 4 is 18.3 Å². The molecule has 1 amide bonds. The smallest absolute Gasteiger partial charge is 0.234 e. The summed E-state index contributed by atoms with van der Waals surface area (Å²) in [7, 11) is 0. The van der Waals surface area contributed by atoms with Gasteiger partial charge in [-0.05, 0) is 30.5 Å². The van der Waals surface area contributed by atoms with E-state index in [0.717, 1.165) is 18.4 Å². The van der Waals surface area contributed by atoms with Crippen molar-refractivity contribution < 1.29 is 9.18 Å². The minimum absolute atomic E-state index is 0. The summed E-state index contributed by atoms with van der Waals surface area (Å²) in [5, 5.41) is 2.87. The highest BCUT2D eigenvalue weighted by Gasteiger charge is 2.45. The van der Waals surface area contributed by atoms with E-state index in [-0.39, 0.29) is 36.2 Å². The molecule has 3 N–H and O–H groups in total. The molecule has 0 atom stereocenters. The summed E-state index contributed by atoms with van der Waals surface area (Å²) in [4.78, 5) is 11.2. The monoisotopic (exact) mass is 244 g/mol. The molecule has 1 aromatic carbocycles. The number of benzene rings is 1. The predicted octanol–water partition coefficient (Wildman–Crippen LogP) is 1.31. The van der Waals surface area contributed by atoms with Crippen molar-refractivity contribution in [2.24, 2.45) is 5.73 Å². The van der Waals surface area contributed by atoms with Gasteiger partial charge in [0.1, 0.15) is 5.82 Å². The van der Waals surface area contributed by atoms with Crippen molar-refractivity contribution in [2.75, 3.05) is 6.54 Å². The zero-order valence-corrected chi connectivity index (χ0v) is 9.52. The van der Waals surface area contributed by atoms with Crippen molar-refractivity contribution in [3.05, 3.63) is 35.6 Å². The van der Waals surface area contributed by atoms with Gasteiger partial charge in [0, 0.05) is 0 Å². The molecule has 2 rings (SSSR count). The quantitative estimate of drug-likeness (QED) is 0.843. The lowest BCUT2D eigenvalue weighted by Crippen LogP contribution is -2.38. The summed E-state index contributed by atoms with van der Waals surface area (Å²) in [6, 6.07) is 6.23. The highest BCUT2D eigenvalue weighted by atomic mass is 35.5. The van der Waals surface area contributed by atoms with Crippen LogP contribution in [0.5, 0.6) is 0 Å². The molecule has 3 nitrogen and oxygen atoms in total. The van der Waals surface area contributed by atoms with Gasteiger partial charge in [0.15, 0.2) is 0 Å². The zero-order valence-electron chi connectivity index (χ0n) is 8.70. The van der Waals surface area contributed by atoms with Gasteiger partial charge in [0.05, 0.1) is 12.1 Å². The molecular weight excluding hydrogens is 231 g/mol. The SMILES string of the molecule is Cl.NCC(=O)NC1(c2ccc(F)cc2)CC1.